The van der Waals surface area contributed by atoms with Crippen molar-refractivity contribution in [2.24, 2.45) is 5.10 Å². The summed E-state index contributed by atoms with van der Waals surface area (Å²) in [5.74, 6) is -13.1. The molecule has 0 saturated carbocycles. The van der Waals surface area contributed by atoms with Crippen molar-refractivity contribution >= 4 is 39.3 Å². The molecule has 0 aliphatic carbocycles. The van der Waals surface area contributed by atoms with Gasteiger partial charge in [0.1, 0.15) is 11.4 Å². The summed E-state index contributed by atoms with van der Waals surface area (Å²) in [6.07, 6.45) is -3.63. The summed E-state index contributed by atoms with van der Waals surface area (Å²) in [7, 11) is 0. The van der Waals surface area contributed by atoms with Crippen molar-refractivity contribution < 1.29 is 44.7 Å². The Morgan fingerprint density at radius 2 is 1.59 bits per heavy atom. The van der Waals surface area contributed by atoms with Crippen LogP contribution in [-0.2, 0) is 4.79 Å². The van der Waals surface area contributed by atoms with Crippen LogP contribution in [0.3, 0.4) is 0 Å². The highest BCUT2D eigenvalue weighted by Crippen LogP contribution is 2.35. The molecular weight excluding hydrogens is 520 g/mol. The summed E-state index contributed by atoms with van der Waals surface area (Å²) in [5, 5.41) is 3.54. The number of rotatable bonds is 4. The SMILES string of the molecule is CC1=NN(c2c(F)c(F)c(F)c(F)c2F)C(=O)/C1=C\c1cc(Br)ccc1OCC(F)(F)F. The second-order valence-electron chi connectivity index (χ2n) is 6.36. The van der Waals surface area contributed by atoms with Gasteiger partial charge in [0.25, 0.3) is 5.91 Å². The molecule has 0 radical (unpaired) electrons. The van der Waals surface area contributed by atoms with E-state index in [1.807, 2.05) is 0 Å². The summed E-state index contributed by atoms with van der Waals surface area (Å²) in [5.41, 5.74) is -2.19. The molecule has 0 unspecified atom stereocenters. The molecule has 0 atom stereocenters. The molecule has 0 N–H and O–H groups in total. The van der Waals surface area contributed by atoms with Crippen LogP contribution in [-0.4, -0.2) is 24.4 Å². The maximum absolute atomic E-state index is 14.1. The van der Waals surface area contributed by atoms with Crippen LogP contribution in [0.4, 0.5) is 40.8 Å². The van der Waals surface area contributed by atoms with E-state index in [9.17, 15) is 39.9 Å². The highest BCUT2D eigenvalue weighted by Gasteiger charge is 2.37. The average Bonchev–Trinajstić information content (AvgIpc) is 2.98. The number of carbonyl (C=O) groups is 1. The normalized spacial score (nSPS) is 15.6. The molecule has 0 fully saturated rings. The van der Waals surface area contributed by atoms with Gasteiger partial charge >= 0.3 is 6.18 Å². The lowest BCUT2D eigenvalue weighted by molar-refractivity contribution is -0.153. The molecule has 1 heterocycles. The Hall–Kier alpha value is -2.96. The van der Waals surface area contributed by atoms with Gasteiger partial charge in [0.05, 0.1) is 11.3 Å². The third kappa shape index (κ3) is 4.47. The van der Waals surface area contributed by atoms with Gasteiger partial charge in [-0.25, -0.2) is 22.0 Å². The summed E-state index contributed by atoms with van der Waals surface area (Å²) in [6, 6.07) is 3.84. The molecule has 1 aliphatic heterocycles. The monoisotopic (exact) mass is 528 g/mol. The Balaban J connectivity index is 2.05. The highest BCUT2D eigenvalue weighted by molar-refractivity contribution is 9.10. The van der Waals surface area contributed by atoms with Gasteiger partial charge in [-0.05, 0) is 31.2 Å². The van der Waals surface area contributed by atoms with Crippen LogP contribution in [0, 0.1) is 29.1 Å². The second kappa shape index (κ2) is 8.52. The van der Waals surface area contributed by atoms with Crippen molar-refractivity contribution in [1.82, 2.24) is 0 Å². The minimum Gasteiger partial charge on any atom is -0.483 e. The fourth-order valence-corrected chi connectivity index (χ4v) is 3.07. The van der Waals surface area contributed by atoms with Crippen molar-refractivity contribution in [2.45, 2.75) is 13.1 Å². The van der Waals surface area contributed by atoms with E-state index in [0.717, 1.165) is 6.08 Å². The van der Waals surface area contributed by atoms with E-state index >= 15 is 0 Å². The molecule has 0 spiro atoms. The molecule has 0 bridgehead atoms. The first kappa shape index (κ1) is 23.7. The Labute approximate surface area is 182 Å². The topological polar surface area (TPSA) is 41.9 Å². The van der Waals surface area contributed by atoms with E-state index in [0.29, 0.717) is 4.47 Å². The first-order valence-electron chi connectivity index (χ1n) is 8.44. The number of halogens is 9. The number of ether oxygens (including phenoxy) is 1. The Kier molecular flexibility index (Phi) is 6.31. The summed E-state index contributed by atoms with van der Waals surface area (Å²) >= 11 is 3.11. The summed E-state index contributed by atoms with van der Waals surface area (Å²) < 4.78 is 111. The molecule has 0 saturated heterocycles. The zero-order valence-corrected chi connectivity index (χ0v) is 17.2. The number of hydrazone groups is 1. The van der Waals surface area contributed by atoms with Gasteiger partial charge in [0.15, 0.2) is 29.9 Å². The standard InChI is InChI=1S/C19H9BrF8N2O2/c1-7-10(5-8-4-9(20)2-3-11(8)32-6-19(26,27)28)18(31)30(29-7)17-15(24)13(22)12(21)14(23)16(17)25/h2-5H,6H2,1H3/b10-5-. The number of amides is 1. The molecule has 170 valence electrons. The van der Waals surface area contributed by atoms with E-state index < -0.39 is 53.5 Å². The van der Waals surface area contributed by atoms with E-state index in [1.54, 1.807) is 0 Å². The predicted octanol–water partition coefficient (Wildman–Crippen LogP) is 5.89. The fourth-order valence-electron chi connectivity index (χ4n) is 2.69. The minimum atomic E-state index is -4.65. The number of nitrogens with zero attached hydrogens (tertiary/aromatic N) is 2. The van der Waals surface area contributed by atoms with Gasteiger partial charge < -0.3 is 4.74 Å². The van der Waals surface area contributed by atoms with Crippen LogP contribution in [0.2, 0.25) is 0 Å². The van der Waals surface area contributed by atoms with Crippen molar-refractivity contribution in [2.75, 3.05) is 11.6 Å². The molecule has 1 aliphatic rings. The van der Waals surface area contributed by atoms with Gasteiger partial charge in [-0.1, -0.05) is 15.9 Å². The number of carbonyl (C=O) groups excluding carboxylic acids is 1. The smallest absolute Gasteiger partial charge is 0.422 e. The zero-order chi connectivity index (χ0) is 24.0. The molecule has 0 aromatic heterocycles. The maximum Gasteiger partial charge on any atom is 0.422 e. The van der Waals surface area contributed by atoms with Crippen LogP contribution >= 0.6 is 15.9 Å². The first-order chi connectivity index (χ1) is 14.8. The van der Waals surface area contributed by atoms with Crippen LogP contribution in [0.25, 0.3) is 6.08 Å². The van der Waals surface area contributed by atoms with Gasteiger partial charge in [0.2, 0.25) is 5.82 Å². The van der Waals surface area contributed by atoms with Crippen molar-refractivity contribution in [3.8, 4) is 5.75 Å². The molecule has 2 aromatic carbocycles. The number of anilines is 1. The lowest BCUT2D eigenvalue weighted by Crippen LogP contribution is -2.25. The molecule has 32 heavy (non-hydrogen) atoms. The maximum atomic E-state index is 14.1. The Morgan fingerprint density at radius 3 is 2.16 bits per heavy atom. The fraction of sp³-hybridized carbons (Fsp3) is 0.158. The molecule has 4 nitrogen and oxygen atoms in total. The van der Waals surface area contributed by atoms with Crippen molar-refractivity contribution in [3.63, 3.8) is 0 Å². The molecular formula is C19H9BrF8N2O2. The van der Waals surface area contributed by atoms with Crippen LogP contribution in [0.15, 0.2) is 33.3 Å². The lowest BCUT2D eigenvalue weighted by atomic mass is 10.1. The summed E-state index contributed by atoms with van der Waals surface area (Å²) in [6.45, 7) is -0.438. The largest absolute Gasteiger partial charge is 0.483 e. The van der Waals surface area contributed by atoms with Crippen molar-refractivity contribution in [3.05, 3.63) is 62.9 Å². The van der Waals surface area contributed by atoms with E-state index in [1.165, 1.54) is 25.1 Å². The van der Waals surface area contributed by atoms with Gasteiger partial charge in [-0.15, -0.1) is 0 Å². The quantitative estimate of drug-likeness (QED) is 0.215. The second-order valence-corrected chi connectivity index (χ2v) is 7.28. The van der Waals surface area contributed by atoms with E-state index in [4.69, 9.17) is 4.74 Å². The predicted molar refractivity (Wildman–Crippen MR) is 100 cm³/mol. The van der Waals surface area contributed by atoms with Gasteiger partial charge in [-0.2, -0.15) is 23.3 Å². The average molecular weight is 529 g/mol. The number of alkyl halides is 3. The van der Waals surface area contributed by atoms with Gasteiger partial charge in [0, 0.05) is 10.0 Å². The van der Waals surface area contributed by atoms with E-state index in [-0.39, 0.29) is 27.6 Å². The highest BCUT2D eigenvalue weighted by atomic mass is 79.9. The van der Waals surface area contributed by atoms with Gasteiger partial charge in [-0.3, -0.25) is 4.79 Å². The molecule has 2 aromatic rings. The van der Waals surface area contributed by atoms with Crippen molar-refractivity contribution in [1.29, 1.82) is 0 Å². The Morgan fingerprint density at radius 1 is 1.03 bits per heavy atom. The number of hydrogen-bond acceptors (Lipinski definition) is 3. The van der Waals surface area contributed by atoms with Crippen LogP contribution in [0.5, 0.6) is 5.75 Å². The third-order valence-electron chi connectivity index (χ3n) is 4.12. The van der Waals surface area contributed by atoms with Crippen LogP contribution in [0.1, 0.15) is 12.5 Å². The molecule has 3 rings (SSSR count). The first-order valence-corrected chi connectivity index (χ1v) is 9.23. The zero-order valence-electron chi connectivity index (χ0n) is 15.6. The van der Waals surface area contributed by atoms with Crippen LogP contribution < -0.4 is 9.75 Å². The number of benzene rings is 2. The summed E-state index contributed by atoms with van der Waals surface area (Å²) in [4.78, 5) is 12.7. The lowest BCUT2D eigenvalue weighted by Gasteiger charge is -2.15. The Bertz CT molecular complexity index is 1150. The van der Waals surface area contributed by atoms with E-state index in [2.05, 4.69) is 21.0 Å². The number of hydrogen-bond donors (Lipinski definition) is 0. The third-order valence-corrected chi connectivity index (χ3v) is 4.62. The molecule has 13 heteroatoms. The molecule has 1 amide bonds. The minimum absolute atomic E-state index is 0.00827.